The van der Waals surface area contributed by atoms with E-state index >= 15 is 0 Å². The van der Waals surface area contributed by atoms with E-state index in [4.69, 9.17) is 0 Å². The molecule has 0 radical (unpaired) electrons. The molecule has 5 nitrogen and oxygen atoms in total. The highest BCUT2D eigenvalue weighted by atomic mass is 16.3. The lowest BCUT2D eigenvalue weighted by atomic mass is 9.83. The molecule has 0 bridgehead atoms. The number of hydrogen-bond donors (Lipinski definition) is 2. The number of amides is 1. The van der Waals surface area contributed by atoms with Crippen molar-refractivity contribution in [3.8, 4) is 16.9 Å². The van der Waals surface area contributed by atoms with Gasteiger partial charge in [-0.1, -0.05) is 50.8 Å². The Morgan fingerprint density at radius 1 is 1.13 bits per heavy atom. The van der Waals surface area contributed by atoms with Crippen molar-refractivity contribution in [3.63, 3.8) is 0 Å². The van der Waals surface area contributed by atoms with Crippen molar-refractivity contribution in [1.82, 2.24) is 15.1 Å². The van der Waals surface area contributed by atoms with E-state index in [1.54, 1.807) is 12.1 Å². The molecule has 2 N–H and O–H groups in total. The number of phenols is 1. The van der Waals surface area contributed by atoms with E-state index in [1.165, 1.54) is 0 Å². The van der Waals surface area contributed by atoms with Gasteiger partial charge in [0.05, 0.1) is 0 Å². The van der Waals surface area contributed by atoms with E-state index in [2.05, 4.69) is 36.7 Å². The number of nitrogens with one attached hydrogen (secondary N) is 1. The first kappa shape index (κ1) is 20.5. The summed E-state index contributed by atoms with van der Waals surface area (Å²) in [6.45, 7) is 11.9. The van der Waals surface area contributed by atoms with Crippen molar-refractivity contribution < 1.29 is 9.90 Å². The summed E-state index contributed by atoms with van der Waals surface area (Å²) in [4.78, 5) is 17.9. The third kappa shape index (κ3) is 3.58. The Labute approximate surface area is 179 Å². The van der Waals surface area contributed by atoms with Crippen LogP contribution in [0.4, 0.5) is 0 Å². The Morgan fingerprint density at radius 2 is 1.80 bits per heavy atom. The summed E-state index contributed by atoms with van der Waals surface area (Å²) in [5.41, 5.74) is 2.16. The van der Waals surface area contributed by atoms with Gasteiger partial charge in [0.25, 0.3) is 5.91 Å². The quantitative estimate of drug-likeness (QED) is 0.699. The van der Waals surface area contributed by atoms with Gasteiger partial charge < -0.3 is 15.3 Å². The summed E-state index contributed by atoms with van der Waals surface area (Å²) in [7, 11) is 0. The summed E-state index contributed by atoms with van der Waals surface area (Å²) in [6, 6.07) is 15.4. The SMILES string of the molecule is C=C1NC(c2cccc(-c3cccc(O)c3)c2)(C2CC2)C(=O)N1CCN(CC)CC. The summed E-state index contributed by atoms with van der Waals surface area (Å²) in [5, 5.41) is 13.4. The first-order valence-electron chi connectivity index (χ1n) is 10.9. The van der Waals surface area contributed by atoms with Crippen molar-refractivity contribution in [2.75, 3.05) is 26.2 Å². The number of rotatable bonds is 8. The number of nitrogens with zero attached hydrogens (tertiary/aromatic N) is 2. The molecule has 5 heteroatoms. The zero-order valence-corrected chi connectivity index (χ0v) is 17.9. The largest absolute Gasteiger partial charge is 0.508 e. The van der Waals surface area contributed by atoms with Crippen LogP contribution in [0.5, 0.6) is 5.75 Å². The Hall–Kier alpha value is -2.79. The van der Waals surface area contributed by atoms with Crippen LogP contribution >= 0.6 is 0 Å². The van der Waals surface area contributed by atoms with Crippen LogP contribution in [0.1, 0.15) is 32.3 Å². The molecule has 2 aromatic carbocycles. The van der Waals surface area contributed by atoms with Crippen LogP contribution in [0.25, 0.3) is 11.1 Å². The van der Waals surface area contributed by atoms with Gasteiger partial charge in [-0.2, -0.15) is 0 Å². The van der Waals surface area contributed by atoms with Crippen molar-refractivity contribution >= 4 is 5.91 Å². The number of carbonyl (C=O) groups is 1. The molecule has 1 atom stereocenters. The lowest BCUT2D eigenvalue weighted by Gasteiger charge is -2.29. The molecule has 1 unspecified atom stereocenters. The van der Waals surface area contributed by atoms with Gasteiger partial charge in [-0.05, 0) is 66.7 Å². The maximum absolute atomic E-state index is 13.8. The molecule has 0 spiro atoms. The highest BCUT2D eigenvalue weighted by molar-refractivity contribution is 5.93. The van der Waals surface area contributed by atoms with Gasteiger partial charge in [0.1, 0.15) is 17.1 Å². The van der Waals surface area contributed by atoms with Gasteiger partial charge in [-0.25, -0.2) is 0 Å². The van der Waals surface area contributed by atoms with Crippen LogP contribution in [0.15, 0.2) is 60.9 Å². The standard InChI is InChI=1S/C25H31N3O2/c1-4-27(5-2)14-15-28-18(3)26-25(24(28)30,21-12-13-21)22-10-6-8-19(16-22)20-9-7-11-23(29)17-20/h6-11,16-17,21,26,29H,3-5,12-15H2,1-2H3. The molecule has 2 aliphatic rings. The highest BCUT2D eigenvalue weighted by Gasteiger charge is 2.58. The zero-order chi connectivity index (χ0) is 21.3. The van der Waals surface area contributed by atoms with E-state index in [0.717, 1.165) is 49.2 Å². The highest BCUT2D eigenvalue weighted by Crippen LogP contribution is 2.50. The van der Waals surface area contributed by atoms with Gasteiger partial charge in [-0.3, -0.25) is 9.69 Å². The summed E-state index contributed by atoms with van der Waals surface area (Å²) < 4.78 is 0. The van der Waals surface area contributed by atoms with E-state index in [0.29, 0.717) is 12.4 Å². The maximum atomic E-state index is 13.8. The third-order valence-corrected chi connectivity index (χ3v) is 6.47. The molecule has 1 heterocycles. The fourth-order valence-electron chi connectivity index (χ4n) is 4.56. The normalized spacial score (nSPS) is 21.4. The van der Waals surface area contributed by atoms with Crippen LogP contribution < -0.4 is 5.32 Å². The molecule has 30 heavy (non-hydrogen) atoms. The topological polar surface area (TPSA) is 55.8 Å². The van der Waals surface area contributed by atoms with E-state index < -0.39 is 5.54 Å². The number of benzene rings is 2. The first-order valence-corrected chi connectivity index (χ1v) is 10.9. The lowest BCUT2D eigenvalue weighted by Crippen LogP contribution is -2.46. The van der Waals surface area contributed by atoms with E-state index in [-0.39, 0.29) is 17.6 Å². The summed E-state index contributed by atoms with van der Waals surface area (Å²) in [5.74, 6) is 1.32. The smallest absolute Gasteiger partial charge is 0.258 e. The van der Waals surface area contributed by atoms with Crippen molar-refractivity contribution in [1.29, 1.82) is 0 Å². The molecule has 4 rings (SSSR count). The Morgan fingerprint density at radius 3 is 2.43 bits per heavy atom. The van der Waals surface area contributed by atoms with Gasteiger partial charge in [0, 0.05) is 13.1 Å². The van der Waals surface area contributed by atoms with E-state index in [1.807, 2.05) is 35.2 Å². The van der Waals surface area contributed by atoms with Gasteiger partial charge in [-0.15, -0.1) is 0 Å². The minimum absolute atomic E-state index is 0.107. The number of aromatic hydroxyl groups is 1. The van der Waals surface area contributed by atoms with Crippen LogP contribution in [0.2, 0.25) is 0 Å². The number of phenolic OH excluding ortho intramolecular Hbond substituents is 1. The average molecular weight is 406 g/mol. The van der Waals surface area contributed by atoms with Crippen LogP contribution in [-0.4, -0.2) is 47.0 Å². The number of carbonyl (C=O) groups excluding carboxylic acids is 1. The average Bonchev–Trinajstić information content (AvgIpc) is 3.57. The predicted molar refractivity (Wildman–Crippen MR) is 120 cm³/mol. The third-order valence-electron chi connectivity index (χ3n) is 6.47. The fraction of sp³-hybridized carbons (Fsp3) is 0.400. The van der Waals surface area contributed by atoms with Crippen LogP contribution in [0, 0.1) is 5.92 Å². The molecule has 1 aliphatic carbocycles. The summed E-state index contributed by atoms with van der Waals surface area (Å²) in [6.07, 6.45) is 2.07. The Balaban J connectivity index is 1.67. The van der Waals surface area contributed by atoms with Crippen molar-refractivity contribution in [2.45, 2.75) is 32.2 Å². The second-order valence-electron chi connectivity index (χ2n) is 8.27. The molecular formula is C25H31N3O2. The zero-order valence-electron chi connectivity index (χ0n) is 17.9. The van der Waals surface area contributed by atoms with Crippen molar-refractivity contribution in [2.24, 2.45) is 5.92 Å². The molecule has 2 fully saturated rings. The van der Waals surface area contributed by atoms with Gasteiger partial charge >= 0.3 is 0 Å². The fourth-order valence-corrected chi connectivity index (χ4v) is 4.56. The van der Waals surface area contributed by atoms with Crippen LogP contribution in [-0.2, 0) is 10.3 Å². The number of likely N-dealkylation sites (N-methyl/N-ethyl adjacent to an activating group) is 1. The van der Waals surface area contributed by atoms with Gasteiger partial charge in [0.15, 0.2) is 0 Å². The molecule has 1 saturated carbocycles. The van der Waals surface area contributed by atoms with E-state index in [9.17, 15) is 9.90 Å². The van der Waals surface area contributed by atoms with Gasteiger partial charge in [0.2, 0.25) is 0 Å². The second-order valence-corrected chi connectivity index (χ2v) is 8.27. The first-order chi connectivity index (χ1) is 14.5. The van der Waals surface area contributed by atoms with Crippen LogP contribution in [0.3, 0.4) is 0 Å². The molecular weight excluding hydrogens is 374 g/mol. The molecule has 1 saturated heterocycles. The second kappa shape index (κ2) is 8.15. The molecule has 158 valence electrons. The Kier molecular flexibility index (Phi) is 5.56. The minimum atomic E-state index is -0.743. The Bertz CT molecular complexity index is 949. The number of hydrogen-bond acceptors (Lipinski definition) is 4. The molecule has 1 aliphatic heterocycles. The lowest BCUT2D eigenvalue weighted by molar-refractivity contribution is -0.133. The minimum Gasteiger partial charge on any atom is -0.508 e. The molecule has 0 aromatic heterocycles. The predicted octanol–water partition coefficient (Wildman–Crippen LogP) is 3.91. The maximum Gasteiger partial charge on any atom is 0.258 e. The van der Waals surface area contributed by atoms with Crippen molar-refractivity contribution in [3.05, 3.63) is 66.5 Å². The molecule has 2 aromatic rings. The molecule has 1 amide bonds. The monoisotopic (exact) mass is 405 g/mol. The summed E-state index contributed by atoms with van der Waals surface area (Å²) >= 11 is 0.